The van der Waals surface area contributed by atoms with Crippen LogP contribution in [0, 0.1) is 12.8 Å². The lowest BCUT2D eigenvalue weighted by Crippen LogP contribution is -2.49. The molecule has 1 aromatic rings. The van der Waals surface area contributed by atoms with Gasteiger partial charge in [-0.3, -0.25) is 4.79 Å². The van der Waals surface area contributed by atoms with Gasteiger partial charge in [-0.1, -0.05) is 0 Å². The van der Waals surface area contributed by atoms with Gasteiger partial charge in [0.15, 0.2) is 5.67 Å². The third kappa shape index (κ3) is 2.10. The van der Waals surface area contributed by atoms with Crippen molar-refractivity contribution in [3.63, 3.8) is 0 Å². The highest BCUT2D eigenvalue weighted by atomic mass is 19.1. The Morgan fingerprint density at radius 1 is 1.52 bits per heavy atom. The smallest absolute Gasteiger partial charge is 0.335 e. The van der Waals surface area contributed by atoms with Crippen LogP contribution in [0.15, 0.2) is 18.2 Å². The lowest BCUT2D eigenvalue weighted by molar-refractivity contribution is -0.130. The summed E-state index contributed by atoms with van der Waals surface area (Å²) in [6.45, 7) is 3.06. The van der Waals surface area contributed by atoms with E-state index in [2.05, 4.69) is 5.32 Å². The Labute approximate surface area is 121 Å². The fourth-order valence-corrected chi connectivity index (χ4v) is 3.23. The van der Waals surface area contributed by atoms with Crippen molar-refractivity contribution >= 4 is 17.6 Å². The van der Waals surface area contributed by atoms with Gasteiger partial charge in [0.2, 0.25) is 0 Å². The third-order valence-corrected chi connectivity index (χ3v) is 4.44. The number of aromatic carboxylic acids is 1. The number of benzene rings is 1. The van der Waals surface area contributed by atoms with Crippen molar-refractivity contribution < 1.29 is 19.1 Å². The van der Waals surface area contributed by atoms with Crippen molar-refractivity contribution in [2.75, 3.05) is 24.5 Å². The van der Waals surface area contributed by atoms with E-state index >= 15 is 0 Å². The molecule has 112 valence electrons. The van der Waals surface area contributed by atoms with E-state index in [-0.39, 0.29) is 17.9 Å². The summed E-state index contributed by atoms with van der Waals surface area (Å²) in [6.07, 6.45) is 0.194. The molecule has 0 aromatic heterocycles. The number of carbonyl (C=O) groups excluding carboxylic acids is 1. The monoisotopic (exact) mass is 292 g/mol. The molecular formula is C15H17FN2O3. The van der Waals surface area contributed by atoms with Gasteiger partial charge in [-0.15, -0.1) is 0 Å². The lowest BCUT2D eigenvalue weighted by Gasteiger charge is -2.29. The Bertz CT molecular complexity index is 619. The predicted molar refractivity (Wildman–Crippen MR) is 75.3 cm³/mol. The van der Waals surface area contributed by atoms with Gasteiger partial charge >= 0.3 is 5.97 Å². The van der Waals surface area contributed by atoms with Crippen LogP contribution in [-0.4, -0.2) is 42.3 Å². The van der Waals surface area contributed by atoms with Crippen molar-refractivity contribution in [3.05, 3.63) is 29.3 Å². The Morgan fingerprint density at radius 3 is 2.90 bits per heavy atom. The number of carboxylic acid groups (broad SMARTS) is 1. The number of aryl methyl sites for hydroxylation is 1. The standard InChI is InChI=1S/C15H17FN2O3/c1-9-6-10(13(19)20)2-3-12(9)18-8-11-7-17-5-4-15(11,16)14(18)21/h2-3,6,11,17H,4-5,7-8H2,1H3,(H,19,20). The number of halogens is 1. The molecule has 3 rings (SSSR count). The van der Waals surface area contributed by atoms with Crippen LogP contribution in [0.3, 0.4) is 0 Å². The second-order valence-electron chi connectivity index (χ2n) is 5.74. The van der Waals surface area contributed by atoms with E-state index in [0.717, 1.165) is 0 Å². The van der Waals surface area contributed by atoms with Crippen molar-refractivity contribution in [1.29, 1.82) is 0 Å². The molecule has 0 bridgehead atoms. The van der Waals surface area contributed by atoms with E-state index in [1.165, 1.54) is 17.0 Å². The predicted octanol–water partition coefficient (Wildman–Crippen LogP) is 1.36. The topological polar surface area (TPSA) is 69.6 Å². The molecule has 0 radical (unpaired) electrons. The summed E-state index contributed by atoms with van der Waals surface area (Å²) >= 11 is 0. The minimum atomic E-state index is -1.79. The fourth-order valence-electron chi connectivity index (χ4n) is 3.23. The number of hydrogen-bond donors (Lipinski definition) is 2. The average Bonchev–Trinajstić information content (AvgIpc) is 2.71. The second kappa shape index (κ2) is 4.80. The van der Waals surface area contributed by atoms with E-state index in [9.17, 15) is 14.0 Å². The van der Waals surface area contributed by atoms with Crippen LogP contribution < -0.4 is 10.2 Å². The first-order valence-corrected chi connectivity index (χ1v) is 6.99. The summed E-state index contributed by atoms with van der Waals surface area (Å²) in [5, 5.41) is 12.1. The summed E-state index contributed by atoms with van der Waals surface area (Å²) in [7, 11) is 0. The number of carbonyl (C=O) groups is 2. The van der Waals surface area contributed by atoms with Gasteiger partial charge in [-0.2, -0.15) is 0 Å². The van der Waals surface area contributed by atoms with Crippen molar-refractivity contribution in [2.24, 2.45) is 5.92 Å². The highest BCUT2D eigenvalue weighted by Gasteiger charge is 2.56. The molecule has 0 saturated carbocycles. The maximum Gasteiger partial charge on any atom is 0.335 e. The van der Waals surface area contributed by atoms with E-state index in [1.807, 2.05) is 0 Å². The number of nitrogens with zero attached hydrogens (tertiary/aromatic N) is 1. The number of anilines is 1. The molecule has 2 atom stereocenters. The SMILES string of the molecule is Cc1cc(C(=O)O)ccc1N1CC2CNCCC2(F)C1=O. The first-order valence-electron chi connectivity index (χ1n) is 6.99. The second-order valence-corrected chi connectivity index (χ2v) is 5.74. The number of hydrogen-bond acceptors (Lipinski definition) is 3. The molecule has 5 nitrogen and oxygen atoms in total. The van der Waals surface area contributed by atoms with E-state index in [1.54, 1.807) is 13.0 Å². The number of alkyl halides is 1. The normalized spacial score (nSPS) is 28.6. The zero-order chi connectivity index (χ0) is 15.2. The van der Waals surface area contributed by atoms with Crippen LogP contribution in [0.2, 0.25) is 0 Å². The molecule has 2 aliphatic rings. The quantitative estimate of drug-likeness (QED) is 0.863. The van der Waals surface area contributed by atoms with Crippen LogP contribution in [-0.2, 0) is 4.79 Å². The van der Waals surface area contributed by atoms with Crippen molar-refractivity contribution in [2.45, 2.75) is 19.0 Å². The van der Waals surface area contributed by atoms with Crippen LogP contribution in [0.5, 0.6) is 0 Å². The Hall–Kier alpha value is -1.95. The zero-order valence-electron chi connectivity index (χ0n) is 11.7. The van der Waals surface area contributed by atoms with E-state index in [4.69, 9.17) is 5.11 Å². The summed E-state index contributed by atoms with van der Waals surface area (Å²) in [4.78, 5) is 24.9. The number of nitrogens with one attached hydrogen (secondary N) is 1. The van der Waals surface area contributed by atoms with Gasteiger partial charge in [0.05, 0.1) is 5.56 Å². The van der Waals surface area contributed by atoms with Gasteiger partial charge in [0.1, 0.15) is 0 Å². The van der Waals surface area contributed by atoms with Crippen LogP contribution in [0.1, 0.15) is 22.3 Å². The molecule has 2 unspecified atom stereocenters. The summed E-state index contributed by atoms with van der Waals surface area (Å²) < 4.78 is 14.9. The molecule has 2 N–H and O–H groups in total. The van der Waals surface area contributed by atoms with Crippen molar-refractivity contribution in [1.82, 2.24) is 5.32 Å². The molecule has 2 fully saturated rings. The molecule has 0 spiro atoms. The first-order chi connectivity index (χ1) is 9.93. The lowest BCUT2D eigenvalue weighted by atomic mass is 9.86. The molecule has 1 aromatic carbocycles. The summed E-state index contributed by atoms with van der Waals surface area (Å²) in [5.41, 5.74) is -0.366. The van der Waals surface area contributed by atoms with Crippen LogP contribution >= 0.6 is 0 Å². The Kier molecular flexibility index (Phi) is 3.20. The molecule has 21 heavy (non-hydrogen) atoms. The van der Waals surface area contributed by atoms with Crippen molar-refractivity contribution in [3.8, 4) is 0 Å². The minimum absolute atomic E-state index is 0.164. The number of piperidine rings is 1. The van der Waals surface area contributed by atoms with E-state index < -0.39 is 17.5 Å². The van der Waals surface area contributed by atoms with Gasteiger partial charge in [0, 0.05) is 31.1 Å². The molecule has 2 aliphatic heterocycles. The fraction of sp³-hybridized carbons (Fsp3) is 0.467. The Morgan fingerprint density at radius 2 is 2.29 bits per heavy atom. The Balaban J connectivity index is 1.95. The molecule has 6 heteroatoms. The minimum Gasteiger partial charge on any atom is -0.478 e. The van der Waals surface area contributed by atoms with E-state index in [0.29, 0.717) is 30.9 Å². The summed E-state index contributed by atoms with van der Waals surface area (Å²) in [6, 6.07) is 4.55. The molecule has 2 heterocycles. The maximum absolute atomic E-state index is 14.9. The maximum atomic E-state index is 14.9. The van der Waals surface area contributed by atoms with Crippen LogP contribution in [0.25, 0.3) is 0 Å². The molecule has 2 saturated heterocycles. The largest absolute Gasteiger partial charge is 0.478 e. The number of amides is 1. The highest BCUT2D eigenvalue weighted by molar-refractivity contribution is 6.03. The first kappa shape index (κ1) is 14.0. The number of carboxylic acids is 1. The molecule has 1 amide bonds. The molecular weight excluding hydrogens is 275 g/mol. The van der Waals surface area contributed by atoms with Gasteiger partial charge in [-0.05, 0) is 37.2 Å². The van der Waals surface area contributed by atoms with Gasteiger partial charge in [0.25, 0.3) is 5.91 Å². The highest BCUT2D eigenvalue weighted by Crippen LogP contribution is 2.40. The van der Waals surface area contributed by atoms with Gasteiger partial charge in [-0.25, -0.2) is 9.18 Å². The zero-order valence-corrected chi connectivity index (χ0v) is 11.7. The summed E-state index contributed by atoms with van der Waals surface area (Å²) in [5.74, 6) is -1.87. The molecule has 0 aliphatic carbocycles. The average molecular weight is 292 g/mol. The number of rotatable bonds is 2. The third-order valence-electron chi connectivity index (χ3n) is 4.44. The van der Waals surface area contributed by atoms with Crippen LogP contribution in [0.4, 0.5) is 10.1 Å². The number of fused-ring (bicyclic) bond motifs is 1. The van der Waals surface area contributed by atoms with Gasteiger partial charge < -0.3 is 15.3 Å².